The minimum absolute atomic E-state index is 0.104. The number of nitrogens with one attached hydrogen (secondary N) is 1. The third-order valence-corrected chi connectivity index (χ3v) is 6.62. The fraction of sp³-hybridized carbons (Fsp3) is 0.389. The molecule has 2 heterocycles. The first-order valence-corrected chi connectivity index (χ1v) is 10.4. The fourth-order valence-electron chi connectivity index (χ4n) is 2.97. The van der Waals surface area contributed by atoms with Gasteiger partial charge in [0.05, 0.1) is 19.3 Å². The highest BCUT2D eigenvalue weighted by Crippen LogP contribution is 2.21. The van der Waals surface area contributed by atoms with E-state index in [0.717, 1.165) is 5.56 Å². The minimum Gasteiger partial charge on any atom is -0.379 e. The minimum atomic E-state index is -3.65. The number of halogens is 1. The van der Waals surface area contributed by atoms with Crippen LogP contribution in [0, 0.1) is 0 Å². The van der Waals surface area contributed by atoms with Gasteiger partial charge in [-0.05, 0) is 30.7 Å². The van der Waals surface area contributed by atoms with Crippen LogP contribution >= 0.6 is 11.6 Å². The van der Waals surface area contributed by atoms with Crippen LogP contribution < -0.4 is 5.32 Å². The van der Waals surface area contributed by atoms with Gasteiger partial charge in [0.1, 0.15) is 10.6 Å². The molecule has 0 saturated carbocycles. The second-order valence-electron chi connectivity index (χ2n) is 6.44. The predicted octanol–water partition coefficient (Wildman–Crippen LogP) is 2.19. The molecule has 1 aliphatic heterocycles. The first-order valence-electron chi connectivity index (χ1n) is 8.59. The van der Waals surface area contributed by atoms with Crippen LogP contribution in [0.15, 0.2) is 41.4 Å². The molecule has 0 spiro atoms. The highest BCUT2D eigenvalue weighted by Gasteiger charge is 2.29. The highest BCUT2D eigenvalue weighted by molar-refractivity contribution is 7.89. The number of nitrogens with zero attached hydrogens (tertiary/aromatic N) is 2. The van der Waals surface area contributed by atoms with E-state index < -0.39 is 10.0 Å². The topological polar surface area (TPSA) is 80.6 Å². The number of aromatic nitrogens is 1. The van der Waals surface area contributed by atoms with E-state index in [0.29, 0.717) is 31.3 Å². The lowest BCUT2D eigenvalue weighted by Crippen LogP contribution is -2.40. The maximum Gasteiger partial charge on any atom is 0.268 e. The number of amides is 1. The standard InChI is InChI=1S/C18H22ClN3O4S/c1-13(14-4-3-5-15(19)10-14)20-18(23)17-11-16(12-21(17)2)27(24,25)22-6-8-26-9-7-22/h3-5,10-13H,6-9H2,1-2H3,(H,20,23). The van der Waals surface area contributed by atoms with Gasteiger partial charge in [-0.3, -0.25) is 4.79 Å². The predicted molar refractivity (Wildman–Crippen MR) is 102 cm³/mol. The first-order chi connectivity index (χ1) is 12.8. The number of aryl methyl sites for hydroxylation is 1. The molecule has 1 amide bonds. The Hall–Kier alpha value is -1.87. The van der Waals surface area contributed by atoms with Crippen LogP contribution in [0.2, 0.25) is 5.02 Å². The van der Waals surface area contributed by atoms with E-state index in [2.05, 4.69) is 5.32 Å². The van der Waals surface area contributed by atoms with Crippen LogP contribution in [0.5, 0.6) is 0 Å². The van der Waals surface area contributed by atoms with Gasteiger partial charge in [0.2, 0.25) is 10.0 Å². The molecule has 27 heavy (non-hydrogen) atoms. The van der Waals surface area contributed by atoms with Gasteiger partial charge in [-0.2, -0.15) is 4.31 Å². The van der Waals surface area contributed by atoms with Gasteiger partial charge in [0, 0.05) is 31.4 Å². The molecule has 1 saturated heterocycles. The molecule has 2 aromatic rings. The number of hydrogen-bond donors (Lipinski definition) is 1. The van der Waals surface area contributed by atoms with Crippen molar-refractivity contribution in [3.05, 3.63) is 52.8 Å². The Labute approximate surface area is 163 Å². The van der Waals surface area contributed by atoms with Gasteiger partial charge in [-0.15, -0.1) is 0 Å². The second-order valence-corrected chi connectivity index (χ2v) is 8.81. The average Bonchev–Trinajstić information content (AvgIpc) is 3.05. The van der Waals surface area contributed by atoms with E-state index in [1.54, 1.807) is 19.2 Å². The largest absolute Gasteiger partial charge is 0.379 e. The molecule has 0 aliphatic carbocycles. The van der Waals surface area contributed by atoms with Gasteiger partial charge < -0.3 is 14.6 Å². The Balaban J connectivity index is 1.78. The van der Waals surface area contributed by atoms with Crippen molar-refractivity contribution in [2.75, 3.05) is 26.3 Å². The number of carbonyl (C=O) groups excluding carboxylic acids is 1. The van der Waals surface area contributed by atoms with E-state index in [-0.39, 0.29) is 22.5 Å². The molecule has 1 unspecified atom stereocenters. The van der Waals surface area contributed by atoms with Crippen molar-refractivity contribution in [3.8, 4) is 0 Å². The summed E-state index contributed by atoms with van der Waals surface area (Å²) in [4.78, 5) is 12.8. The second kappa shape index (κ2) is 8.02. The van der Waals surface area contributed by atoms with Crippen molar-refractivity contribution >= 4 is 27.5 Å². The monoisotopic (exact) mass is 411 g/mol. The Bertz CT molecular complexity index is 936. The third kappa shape index (κ3) is 4.35. The maximum atomic E-state index is 12.8. The maximum absolute atomic E-state index is 12.8. The molecule has 1 fully saturated rings. The zero-order valence-electron chi connectivity index (χ0n) is 15.2. The van der Waals surface area contributed by atoms with Crippen LogP contribution in [0.25, 0.3) is 0 Å². The van der Waals surface area contributed by atoms with Gasteiger partial charge in [0.15, 0.2) is 0 Å². The number of morpholine rings is 1. The molecular formula is C18H22ClN3O4S. The number of hydrogen-bond acceptors (Lipinski definition) is 4. The van der Waals surface area contributed by atoms with Crippen molar-refractivity contribution in [2.24, 2.45) is 7.05 Å². The summed E-state index contributed by atoms with van der Waals surface area (Å²) in [6.45, 7) is 3.21. The van der Waals surface area contributed by atoms with Gasteiger partial charge >= 0.3 is 0 Å². The summed E-state index contributed by atoms with van der Waals surface area (Å²) >= 11 is 6.00. The lowest BCUT2D eigenvalue weighted by Gasteiger charge is -2.25. The Morgan fingerprint density at radius 3 is 2.63 bits per heavy atom. The SMILES string of the molecule is CC(NC(=O)c1cc(S(=O)(=O)N2CCOCC2)cn1C)c1cccc(Cl)c1. The highest BCUT2D eigenvalue weighted by atomic mass is 35.5. The number of carbonyl (C=O) groups is 1. The van der Waals surface area contributed by atoms with Gasteiger partial charge in [-0.25, -0.2) is 8.42 Å². The summed E-state index contributed by atoms with van der Waals surface area (Å²) < 4.78 is 33.6. The normalized spacial score (nSPS) is 16.9. The number of sulfonamides is 1. The van der Waals surface area contributed by atoms with Crippen LogP contribution in [0.3, 0.4) is 0 Å². The van der Waals surface area contributed by atoms with Crippen LogP contribution in [0.1, 0.15) is 29.0 Å². The van der Waals surface area contributed by atoms with Crippen LogP contribution in [0.4, 0.5) is 0 Å². The Morgan fingerprint density at radius 2 is 1.96 bits per heavy atom. The average molecular weight is 412 g/mol. The van der Waals surface area contributed by atoms with Crippen molar-refractivity contribution in [1.82, 2.24) is 14.2 Å². The lowest BCUT2D eigenvalue weighted by molar-refractivity contribution is 0.0730. The Morgan fingerprint density at radius 1 is 1.26 bits per heavy atom. The number of benzene rings is 1. The van der Waals surface area contributed by atoms with E-state index in [1.807, 2.05) is 19.1 Å². The molecule has 3 rings (SSSR count). The quantitative estimate of drug-likeness (QED) is 0.817. The first kappa shape index (κ1) is 19.9. The van der Waals surface area contributed by atoms with Gasteiger partial charge in [0.25, 0.3) is 5.91 Å². The summed E-state index contributed by atoms with van der Waals surface area (Å²) in [6.07, 6.45) is 1.46. The molecule has 1 aromatic carbocycles. The summed E-state index contributed by atoms with van der Waals surface area (Å²) in [5, 5.41) is 3.47. The summed E-state index contributed by atoms with van der Waals surface area (Å²) in [5.74, 6) is -0.353. The van der Waals surface area contributed by atoms with Gasteiger partial charge in [-0.1, -0.05) is 23.7 Å². The van der Waals surface area contributed by atoms with E-state index in [4.69, 9.17) is 16.3 Å². The van der Waals surface area contributed by atoms with E-state index in [1.165, 1.54) is 21.1 Å². The smallest absolute Gasteiger partial charge is 0.268 e. The molecular weight excluding hydrogens is 390 g/mol. The summed E-state index contributed by atoms with van der Waals surface area (Å²) in [5.41, 5.74) is 1.14. The summed E-state index contributed by atoms with van der Waals surface area (Å²) in [6, 6.07) is 8.37. The third-order valence-electron chi connectivity index (χ3n) is 4.52. The fourth-order valence-corrected chi connectivity index (χ4v) is 4.65. The molecule has 0 bridgehead atoms. The zero-order chi connectivity index (χ0) is 19.6. The van der Waals surface area contributed by atoms with Crippen LogP contribution in [-0.2, 0) is 21.8 Å². The van der Waals surface area contributed by atoms with E-state index >= 15 is 0 Å². The lowest BCUT2D eigenvalue weighted by atomic mass is 10.1. The van der Waals surface area contributed by atoms with Crippen molar-refractivity contribution in [3.63, 3.8) is 0 Å². The summed E-state index contributed by atoms with van der Waals surface area (Å²) in [7, 11) is -2.00. The molecule has 1 aromatic heterocycles. The molecule has 146 valence electrons. The van der Waals surface area contributed by atoms with E-state index in [9.17, 15) is 13.2 Å². The molecule has 7 nitrogen and oxygen atoms in total. The molecule has 1 aliphatic rings. The molecule has 1 N–H and O–H groups in total. The van der Waals surface area contributed by atoms with Crippen molar-refractivity contribution in [1.29, 1.82) is 0 Å². The van der Waals surface area contributed by atoms with Crippen molar-refractivity contribution in [2.45, 2.75) is 17.9 Å². The molecule has 9 heteroatoms. The molecule has 1 atom stereocenters. The number of ether oxygens (including phenoxy) is 1. The van der Waals surface area contributed by atoms with Crippen LogP contribution in [-0.4, -0.2) is 49.5 Å². The molecule has 0 radical (unpaired) electrons. The zero-order valence-corrected chi connectivity index (χ0v) is 16.8. The Kier molecular flexibility index (Phi) is 5.90. The van der Waals surface area contributed by atoms with Crippen molar-refractivity contribution < 1.29 is 17.9 Å². The number of rotatable bonds is 5.